The van der Waals surface area contributed by atoms with Crippen molar-refractivity contribution < 1.29 is 72.2 Å². The third-order valence-electron chi connectivity index (χ3n) is 1.50. The van der Waals surface area contributed by atoms with Crippen molar-refractivity contribution >= 4 is 0 Å². The summed E-state index contributed by atoms with van der Waals surface area (Å²) >= 11 is 0. The Hall–Kier alpha value is 0.0400. The van der Waals surface area contributed by atoms with Gasteiger partial charge in [0.15, 0.2) is 0 Å². The van der Waals surface area contributed by atoms with E-state index in [1.165, 1.54) is 12.1 Å². The number of para-hydroxylation sites is 2. The van der Waals surface area contributed by atoms with Gasteiger partial charge in [-0.3, -0.25) is 0 Å². The summed E-state index contributed by atoms with van der Waals surface area (Å²) in [4.78, 5) is 0. The summed E-state index contributed by atoms with van der Waals surface area (Å²) in [5, 5.41) is 18.9. The molecule has 2 rings (SSSR count). The average Bonchev–Trinajstić information content (AvgIpc) is 2.21. The summed E-state index contributed by atoms with van der Waals surface area (Å²) in [5.41, 5.74) is 0. The van der Waals surface area contributed by atoms with Gasteiger partial charge in [-0.25, -0.2) is 0 Å². The van der Waals surface area contributed by atoms with E-state index in [2.05, 4.69) is 0 Å². The Bertz CT molecular complexity index is 323. The molecule has 0 aliphatic heterocycles. The van der Waals surface area contributed by atoms with Crippen molar-refractivity contribution in [3.63, 3.8) is 0 Å². The fourth-order valence-electron chi connectivity index (χ4n) is 0.848. The van der Waals surface area contributed by atoms with Crippen LogP contribution in [0.25, 0.3) is 0 Å². The van der Waals surface area contributed by atoms with Gasteiger partial charge in [-0.15, -0.1) is 5.75 Å². The smallest absolute Gasteiger partial charge is 1.00 e. The number of rotatable bonds is 0. The van der Waals surface area contributed by atoms with Gasteiger partial charge in [0.2, 0.25) is 0 Å². The maximum atomic E-state index is 10.3. The largest absolute Gasteiger partial charge is 1.00 e. The van der Waals surface area contributed by atoms with E-state index in [0.717, 1.165) is 0 Å². The first-order valence-corrected chi connectivity index (χ1v) is 4.25. The molecule has 2 nitrogen and oxygen atoms in total. The maximum absolute atomic E-state index is 10.3. The van der Waals surface area contributed by atoms with E-state index in [1.54, 1.807) is 36.4 Å². The molecular weight excluding hydrogens is 222 g/mol. The molecular formula is C12H14Na2O2. The molecule has 0 unspecified atom stereocenters. The molecule has 2 aromatic carbocycles. The molecule has 76 valence electrons. The van der Waals surface area contributed by atoms with Crippen LogP contribution >= 0.6 is 0 Å². The van der Waals surface area contributed by atoms with Crippen molar-refractivity contribution in [2.75, 3.05) is 0 Å². The summed E-state index contributed by atoms with van der Waals surface area (Å²) in [6, 6.07) is 17.0. The molecule has 0 radical (unpaired) electrons. The first-order chi connectivity index (χ1) is 6.79. The normalized spacial score (nSPS) is 7.50. The van der Waals surface area contributed by atoms with Crippen LogP contribution in [0.1, 0.15) is 2.85 Å². The van der Waals surface area contributed by atoms with Crippen molar-refractivity contribution in [1.82, 2.24) is 0 Å². The Kier molecular flexibility index (Phi) is 13.3. The van der Waals surface area contributed by atoms with Crippen LogP contribution in [0.3, 0.4) is 0 Å². The van der Waals surface area contributed by atoms with Gasteiger partial charge in [-0.1, -0.05) is 48.5 Å². The Labute approximate surface area is 143 Å². The van der Waals surface area contributed by atoms with Crippen LogP contribution in [0.5, 0.6) is 11.5 Å². The molecule has 0 spiro atoms. The third kappa shape index (κ3) is 9.28. The molecule has 0 heterocycles. The summed E-state index contributed by atoms with van der Waals surface area (Å²) < 4.78 is 0. The van der Waals surface area contributed by atoms with E-state index in [4.69, 9.17) is 5.11 Å². The molecule has 0 aromatic heterocycles. The number of phenolic OH excluding ortho intramolecular Hbond substituents is 1. The zero-order valence-corrected chi connectivity index (χ0v) is 13.6. The van der Waals surface area contributed by atoms with Gasteiger partial charge in [0.05, 0.1) is 0 Å². The first-order valence-electron chi connectivity index (χ1n) is 4.25. The molecule has 16 heavy (non-hydrogen) atoms. The van der Waals surface area contributed by atoms with Crippen molar-refractivity contribution in [3.05, 3.63) is 60.7 Å². The third-order valence-corrected chi connectivity index (χ3v) is 1.50. The van der Waals surface area contributed by atoms with Crippen molar-refractivity contribution in [3.8, 4) is 11.5 Å². The van der Waals surface area contributed by atoms with E-state index < -0.39 is 0 Å². The minimum atomic E-state index is 0. The Morgan fingerprint density at radius 2 is 1.19 bits per heavy atom. The first kappa shape index (κ1) is 18.4. The maximum Gasteiger partial charge on any atom is 1.00 e. The molecule has 0 saturated heterocycles. The van der Waals surface area contributed by atoms with Gasteiger partial charge in [-0.2, -0.15) is 0 Å². The quantitative estimate of drug-likeness (QED) is 0.483. The fraction of sp³-hybridized carbons (Fsp3) is 0. The van der Waals surface area contributed by atoms with E-state index in [-0.39, 0.29) is 67.7 Å². The molecule has 1 N–H and O–H groups in total. The molecule has 4 heteroatoms. The van der Waals surface area contributed by atoms with Crippen molar-refractivity contribution in [2.24, 2.45) is 0 Å². The van der Waals surface area contributed by atoms with Crippen LogP contribution in [0.15, 0.2) is 60.7 Å². The number of hydrogen-bond donors (Lipinski definition) is 1. The number of phenols is 1. The van der Waals surface area contributed by atoms with Gasteiger partial charge < -0.3 is 11.6 Å². The Morgan fingerprint density at radius 1 is 0.812 bits per heavy atom. The molecule has 2 aromatic rings. The SMILES string of the molecule is Oc1ccccc1.[H-].[HH].[Na+].[Na+].[O-]c1ccccc1. The summed E-state index contributed by atoms with van der Waals surface area (Å²) in [6.07, 6.45) is 0. The predicted octanol–water partition coefficient (Wildman–Crippen LogP) is -3.48. The minimum Gasteiger partial charge on any atom is -1.00 e. The second-order valence-electron chi connectivity index (χ2n) is 2.65. The van der Waals surface area contributed by atoms with Gasteiger partial charge >= 0.3 is 59.1 Å². The predicted molar refractivity (Wildman–Crippen MR) is 57.2 cm³/mol. The van der Waals surface area contributed by atoms with Crippen LogP contribution in [0.4, 0.5) is 0 Å². The molecule has 0 atom stereocenters. The van der Waals surface area contributed by atoms with Gasteiger partial charge in [0.1, 0.15) is 5.75 Å². The van der Waals surface area contributed by atoms with Gasteiger partial charge in [0.25, 0.3) is 0 Å². The van der Waals surface area contributed by atoms with Gasteiger partial charge in [-0.05, 0) is 12.1 Å². The Morgan fingerprint density at radius 3 is 1.38 bits per heavy atom. The molecule has 0 fully saturated rings. The summed E-state index contributed by atoms with van der Waals surface area (Å²) in [5.74, 6) is 0.394. The van der Waals surface area contributed by atoms with Crippen LogP contribution in [0, 0.1) is 0 Å². The second-order valence-corrected chi connectivity index (χ2v) is 2.65. The van der Waals surface area contributed by atoms with E-state index in [9.17, 15) is 5.11 Å². The minimum absolute atomic E-state index is 0. The van der Waals surface area contributed by atoms with E-state index >= 15 is 0 Å². The van der Waals surface area contributed by atoms with E-state index in [0.29, 0.717) is 5.75 Å². The number of hydrogen-bond acceptors (Lipinski definition) is 2. The molecule has 0 saturated carbocycles. The number of benzene rings is 2. The molecule has 0 aliphatic rings. The van der Waals surface area contributed by atoms with E-state index in [1.807, 2.05) is 12.1 Å². The number of aromatic hydroxyl groups is 1. The van der Waals surface area contributed by atoms with Crippen LogP contribution in [0.2, 0.25) is 0 Å². The summed E-state index contributed by atoms with van der Waals surface area (Å²) in [6.45, 7) is 0. The summed E-state index contributed by atoms with van der Waals surface area (Å²) in [7, 11) is 0. The zero-order chi connectivity index (χ0) is 10.2. The van der Waals surface area contributed by atoms with Crippen LogP contribution in [-0.2, 0) is 0 Å². The second kappa shape index (κ2) is 11.5. The molecule has 0 bridgehead atoms. The molecule has 0 aliphatic carbocycles. The molecule has 0 amide bonds. The standard InChI is InChI=1S/2C6H6O.2Na.H2.H/c2*7-6-4-2-1-3-5-6;;;;/h2*1-5,7H;;;1H;/q;;2*+1;;-1/p-1. The van der Waals surface area contributed by atoms with Crippen LogP contribution < -0.4 is 64.2 Å². The van der Waals surface area contributed by atoms with Gasteiger partial charge in [0, 0.05) is 1.43 Å². The van der Waals surface area contributed by atoms with Crippen molar-refractivity contribution in [1.29, 1.82) is 0 Å². The topological polar surface area (TPSA) is 43.3 Å². The zero-order valence-electron chi connectivity index (χ0n) is 10.6. The van der Waals surface area contributed by atoms with Crippen LogP contribution in [-0.4, -0.2) is 5.11 Å². The fourth-order valence-corrected chi connectivity index (χ4v) is 0.848. The van der Waals surface area contributed by atoms with Crippen molar-refractivity contribution in [2.45, 2.75) is 0 Å². The monoisotopic (exact) mass is 236 g/mol. The average molecular weight is 236 g/mol. The Balaban J connectivity index is -0.0000000891.